The molecule has 1 aliphatic rings. The van der Waals surface area contributed by atoms with Gasteiger partial charge in [-0.15, -0.1) is 0 Å². The highest BCUT2D eigenvalue weighted by molar-refractivity contribution is 5.91. The van der Waals surface area contributed by atoms with E-state index in [0.717, 1.165) is 29.7 Å². The molecule has 3 N–H and O–H groups in total. The van der Waals surface area contributed by atoms with Gasteiger partial charge in [-0.3, -0.25) is 4.79 Å². The molecular formula is C18H20N2O. The SMILES string of the molecule is CC(NC(=O)C1(c2ccccc2)CC1)c1ccc(N)cc1. The zero-order valence-corrected chi connectivity index (χ0v) is 12.2. The first-order valence-corrected chi connectivity index (χ1v) is 7.34. The molecule has 1 fully saturated rings. The van der Waals surface area contributed by atoms with Gasteiger partial charge in [-0.05, 0) is 43.0 Å². The second-order valence-corrected chi connectivity index (χ2v) is 5.81. The Morgan fingerprint density at radius 1 is 1.10 bits per heavy atom. The largest absolute Gasteiger partial charge is 0.399 e. The number of benzene rings is 2. The average Bonchev–Trinajstić information content (AvgIpc) is 3.30. The molecular weight excluding hydrogens is 260 g/mol. The first-order valence-electron chi connectivity index (χ1n) is 7.34. The zero-order valence-electron chi connectivity index (χ0n) is 12.2. The Morgan fingerprint density at radius 2 is 1.71 bits per heavy atom. The minimum atomic E-state index is -0.316. The molecule has 1 aliphatic carbocycles. The molecule has 1 atom stereocenters. The van der Waals surface area contributed by atoms with E-state index in [1.807, 2.05) is 61.5 Å². The third-order valence-corrected chi connectivity index (χ3v) is 4.30. The maximum Gasteiger partial charge on any atom is 0.231 e. The van der Waals surface area contributed by atoms with E-state index < -0.39 is 0 Å². The van der Waals surface area contributed by atoms with Crippen molar-refractivity contribution < 1.29 is 4.79 Å². The molecule has 1 unspecified atom stereocenters. The summed E-state index contributed by atoms with van der Waals surface area (Å²) in [5, 5.41) is 3.14. The molecule has 3 heteroatoms. The van der Waals surface area contributed by atoms with Crippen molar-refractivity contribution in [1.29, 1.82) is 0 Å². The minimum Gasteiger partial charge on any atom is -0.399 e. The quantitative estimate of drug-likeness (QED) is 0.845. The van der Waals surface area contributed by atoms with Crippen LogP contribution in [0.2, 0.25) is 0 Å². The Balaban J connectivity index is 1.73. The van der Waals surface area contributed by atoms with Crippen LogP contribution in [0.5, 0.6) is 0 Å². The fourth-order valence-corrected chi connectivity index (χ4v) is 2.73. The monoisotopic (exact) mass is 280 g/mol. The highest BCUT2D eigenvalue weighted by Crippen LogP contribution is 2.48. The Labute approximate surface area is 125 Å². The smallest absolute Gasteiger partial charge is 0.231 e. The van der Waals surface area contributed by atoms with Crippen molar-refractivity contribution in [3.63, 3.8) is 0 Å². The number of nitrogens with one attached hydrogen (secondary N) is 1. The van der Waals surface area contributed by atoms with E-state index in [4.69, 9.17) is 5.73 Å². The van der Waals surface area contributed by atoms with Gasteiger partial charge in [0.05, 0.1) is 11.5 Å². The lowest BCUT2D eigenvalue weighted by Gasteiger charge is -2.20. The third-order valence-electron chi connectivity index (χ3n) is 4.30. The van der Waals surface area contributed by atoms with Crippen molar-refractivity contribution in [2.75, 3.05) is 5.73 Å². The summed E-state index contributed by atoms with van der Waals surface area (Å²) in [6.45, 7) is 2.00. The Morgan fingerprint density at radius 3 is 2.29 bits per heavy atom. The van der Waals surface area contributed by atoms with Crippen molar-refractivity contribution in [3.05, 3.63) is 65.7 Å². The standard InChI is InChI=1S/C18H20N2O/c1-13(14-7-9-16(19)10-8-14)20-17(21)18(11-12-18)15-5-3-2-4-6-15/h2-10,13H,11-12,19H2,1H3,(H,20,21). The van der Waals surface area contributed by atoms with Crippen LogP contribution in [0.15, 0.2) is 54.6 Å². The van der Waals surface area contributed by atoms with Crippen LogP contribution < -0.4 is 11.1 Å². The lowest BCUT2D eigenvalue weighted by Crippen LogP contribution is -2.36. The van der Waals surface area contributed by atoms with E-state index in [0.29, 0.717) is 0 Å². The van der Waals surface area contributed by atoms with Crippen LogP contribution in [0, 0.1) is 0 Å². The normalized spacial score (nSPS) is 17.0. The predicted molar refractivity (Wildman–Crippen MR) is 84.8 cm³/mol. The topological polar surface area (TPSA) is 55.1 Å². The van der Waals surface area contributed by atoms with E-state index in [2.05, 4.69) is 5.32 Å². The Bertz CT molecular complexity index is 630. The molecule has 0 aromatic heterocycles. The summed E-state index contributed by atoms with van der Waals surface area (Å²) in [6, 6.07) is 17.7. The van der Waals surface area contributed by atoms with Crippen molar-refractivity contribution in [1.82, 2.24) is 5.32 Å². The number of hydrogen-bond donors (Lipinski definition) is 2. The van der Waals surface area contributed by atoms with Gasteiger partial charge >= 0.3 is 0 Å². The van der Waals surface area contributed by atoms with Crippen LogP contribution in [0.25, 0.3) is 0 Å². The maximum atomic E-state index is 12.6. The number of carbonyl (C=O) groups excluding carboxylic acids is 1. The molecule has 2 aromatic rings. The fraction of sp³-hybridized carbons (Fsp3) is 0.278. The van der Waals surface area contributed by atoms with Gasteiger partial charge in [0.1, 0.15) is 0 Å². The summed E-state index contributed by atoms with van der Waals surface area (Å²) in [6.07, 6.45) is 1.86. The van der Waals surface area contributed by atoms with E-state index in [9.17, 15) is 4.79 Å². The predicted octanol–water partition coefficient (Wildman–Crippen LogP) is 3.18. The summed E-state index contributed by atoms with van der Waals surface area (Å²) < 4.78 is 0. The number of amides is 1. The molecule has 3 rings (SSSR count). The molecule has 0 bridgehead atoms. The molecule has 108 valence electrons. The zero-order chi connectivity index (χ0) is 14.9. The lowest BCUT2D eigenvalue weighted by molar-refractivity contribution is -0.124. The van der Waals surface area contributed by atoms with E-state index in [-0.39, 0.29) is 17.4 Å². The van der Waals surface area contributed by atoms with Crippen molar-refractivity contribution in [2.45, 2.75) is 31.2 Å². The van der Waals surface area contributed by atoms with Crippen LogP contribution in [0.1, 0.15) is 36.9 Å². The van der Waals surface area contributed by atoms with Gasteiger partial charge in [0, 0.05) is 5.69 Å². The molecule has 1 saturated carbocycles. The third kappa shape index (κ3) is 2.64. The van der Waals surface area contributed by atoms with Gasteiger partial charge in [-0.2, -0.15) is 0 Å². The highest BCUT2D eigenvalue weighted by Gasteiger charge is 2.51. The summed E-state index contributed by atoms with van der Waals surface area (Å²) in [5.41, 5.74) is 8.30. The number of anilines is 1. The summed E-state index contributed by atoms with van der Waals surface area (Å²) >= 11 is 0. The van der Waals surface area contributed by atoms with Gasteiger partial charge in [-0.1, -0.05) is 42.5 Å². The molecule has 0 aliphatic heterocycles. The van der Waals surface area contributed by atoms with Crippen LogP contribution in [-0.4, -0.2) is 5.91 Å². The first kappa shape index (κ1) is 13.7. The average molecular weight is 280 g/mol. The second kappa shape index (κ2) is 5.24. The summed E-state index contributed by atoms with van der Waals surface area (Å²) in [5.74, 6) is 0.123. The number of nitrogens with two attached hydrogens (primary N) is 1. The van der Waals surface area contributed by atoms with Gasteiger partial charge in [0.25, 0.3) is 0 Å². The fourth-order valence-electron chi connectivity index (χ4n) is 2.73. The van der Waals surface area contributed by atoms with Crippen LogP contribution >= 0.6 is 0 Å². The minimum absolute atomic E-state index is 0.0145. The number of hydrogen-bond acceptors (Lipinski definition) is 2. The summed E-state index contributed by atoms with van der Waals surface area (Å²) in [4.78, 5) is 12.6. The van der Waals surface area contributed by atoms with Crippen LogP contribution in [-0.2, 0) is 10.2 Å². The molecule has 2 aromatic carbocycles. The molecule has 0 heterocycles. The lowest BCUT2D eigenvalue weighted by atomic mass is 9.94. The van der Waals surface area contributed by atoms with Crippen molar-refractivity contribution in [3.8, 4) is 0 Å². The molecule has 0 spiro atoms. The first-order chi connectivity index (χ1) is 10.1. The highest BCUT2D eigenvalue weighted by atomic mass is 16.2. The van der Waals surface area contributed by atoms with E-state index >= 15 is 0 Å². The molecule has 21 heavy (non-hydrogen) atoms. The van der Waals surface area contributed by atoms with Crippen molar-refractivity contribution in [2.24, 2.45) is 0 Å². The Hall–Kier alpha value is -2.29. The van der Waals surface area contributed by atoms with Gasteiger partial charge < -0.3 is 11.1 Å². The summed E-state index contributed by atoms with van der Waals surface area (Å²) in [7, 11) is 0. The number of carbonyl (C=O) groups is 1. The number of nitrogen functional groups attached to an aromatic ring is 1. The van der Waals surface area contributed by atoms with Gasteiger partial charge in [-0.25, -0.2) is 0 Å². The molecule has 1 amide bonds. The molecule has 0 saturated heterocycles. The number of rotatable bonds is 4. The van der Waals surface area contributed by atoms with Crippen LogP contribution in [0.3, 0.4) is 0 Å². The van der Waals surface area contributed by atoms with E-state index in [1.165, 1.54) is 0 Å². The van der Waals surface area contributed by atoms with Crippen molar-refractivity contribution >= 4 is 11.6 Å². The van der Waals surface area contributed by atoms with Crippen LogP contribution in [0.4, 0.5) is 5.69 Å². The maximum absolute atomic E-state index is 12.6. The van der Waals surface area contributed by atoms with E-state index in [1.54, 1.807) is 0 Å². The van der Waals surface area contributed by atoms with Gasteiger partial charge in [0.15, 0.2) is 0 Å². The Kier molecular flexibility index (Phi) is 3.42. The second-order valence-electron chi connectivity index (χ2n) is 5.81. The van der Waals surface area contributed by atoms with Gasteiger partial charge in [0.2, 0.25) is 5.91 Å². The molecule has 3 nitrogen and oxygen atoms in total. The molecule has 0 radical (unpaired) electrons.